The first-order valence-corrected chi connectivity index (χ1v) is 6.38. The maximum atomic E-state index is 13.2. The van der Waals surface area contributed by atoms with Crippen LogP contribution in [0.1, 0.15) is 29.9 Å². The molecule has 19 heavy (non-hydrogen) atoms. The third-order valence-electron chi connectivity index (χ3n) is 2.90. The van der Waals surface area contributed by atoms with Gasteiger partial charge in [-0.2, -0.15) is 0 Å². The largest absolute Gasteiger partial charge is 0.363 e. The molecule has 100 valence electrons. The second-order valence-electron chi connectivity index (χ2n) is 4.46. The molecule has 1 aromatic heterocycles. The molecule has 1 aromatic carbocycles. The Morgan fingerprint density at radius 2 is 2.00 bits per heavy atom. The van der Waals surface area contributed by atoms with Crippen LogP contribution in [0.5, 0.6) is 0 Å². The second-order valence-corrected chi connectivity index (χ2v) is 4.81. The van der Waals surface area contributed by atoms with E-state index in [-0.39, 0.29) is 11.9 Å². The molecule has 0 saturated heterocycles. The number of nitrogens with one attached hydrogen (secondary N) is 1. The number of halogens is 2. The normalized spacial score (nSPS) is 12.3. The van der Waals surface area contributed by atoms with Gasteiger partial charge >= 0.3 is 0 Å². The van der Waals surface area contributed by atoms with Crippen molar-refractivity contribution in [2.45, 2.75) is 26.8 Å². The lowest BCUT2D eigenvalue weighted by Crippen LogP contribution is -2.11. The van der Waals surface area contributed by atoms with Gasteiger partial charge in [-0.15, -0.1) is 0 Å². The molecule has 2 aromatic rings. The molecule has 0 spiro atoms. The number of hydrogen-bond donors (Lipinski definition) is 1. The lowest BCUT2D eigenvalue weighted by Gasteiger charge is -2.17. The van der Waals surface area contributed by atoms with Crippen molar-refractivity contribution >= 4 is 17.4 Å². The molecule has 1 atom stereocenters. The summed E-state index contributed by atoms with van der Waals surface area (Å²) in [6, 6.07) is 6.41. The van der Waals surface area contributed by atoms with Gasteiger partial charge in [-0.05, 0) is 38.5 Å². The molecular weight excluding hydrogens is 265 g/mol. The summed E-state index contributed by atoms with van der Waals surface area (Å²) in [6.07, 6.45) is 0. The van der Waals surface area contributed by atoms with Crippen LogP contribution in [0.25, 0.3) is 0 Å². The Hall–Kier alpha value is -1.68. The van der Waals surface area contributed by atoms with Gasteiger partial charge in [0.1, 0.15) is 22.6 Å². The minimum atomic E-state index is -0.250. The summed E-state index contributed by atoms with van der Waals surface area (Å²) in [5, 5.41) is 3.66. The molecular formula is C14H15ClFN3. The first-order chi connectivity index (χ1) is 8.97. The average molecular weight is 280 g/mol. The van der Waals surface area contributed by atoms with Crippen LogP contribution >= 0.6 is 11.6 Å². The Bertz CT molecular complexity index is 601. The minimum Gasteiger partial charge on any atom is -0.363 e. The van der Waals surface area contributed by atoms with Crippen molar-refractivity contribution in [2.75, 3.05) is 5.32 Å². The lowest BCUT2D eigenvalue weighted by molar-refractivity contribution is 0.623. The fraction of sp³-hybridized carbons (Fsp3) is 0.286. The Morgan fingerprint density at radius 3 is 2.68 bits per heavy atom. The maximum absolute atomic E-state index is 13.2. The topological polar surface area (TPSA) is 37.8 Å². The van der Waals surface area contributed by atoms with Crippen LogP contribution in [0, 0.1) is 19.7 Å². The van der Waals surface area contributed by atoms with Crippen LogP contribution in [0.3, 0.4) is 0 Å². The summed E-state index contributed by atoms with van der Waals surface area (Å²) in [5.74, 6) is 1.03. The van der Waals surface area contributed by atoms with Crippen molar-refractivity contribution in [2.24, 2.45) is 0 Å². The molecule has 0 aliphatic rings. The molecule has 0 fully saturated rings. The van der Waals surface area contributed by atoms with E-state index in [1.54, 1.807) is 13.0 Å². The lowest BCUT2D eigenvalue weighted by atomic mass is 10.1. The van der Waals surface area contributed by atoms with Crippen LogP contribution in [0.15, 0.2) is 24.3 Å². The number of anilines is 1. The molecule has 1 heterocycles. The Kier molecular flexibility index (Phi) is 4.00. The monoisotopic (exact) mass is 279 g/mol. The molecule has 0 bridgehead atoms. The first kappa shape index (κ1) is 13.7. The third kappa shape index (κ3) is 3.20. The van der Waals surface area contributed by atoms with E-state index < -0.39 is 0 Å². The van der Waals surface area contributed by atoms with Crippen molar-refractivity contribution < 1.29 is 4.39 Å². The van der Waals surface area contributed by atoms with E-state index in [1.165, 1.54) is 12.1 Å². The molecule has 1 unspecified atom stereocenters. The predicted octanol–water partition coefficient (Wildman–Crippen LogP) is 4.06. The molecule has 3 nitrogen and oxygen atoms in total. The summed E-state index contributed by atoms with van der Waals surface area (Å²) in [4.78, 5) is 8.40. The number of aryl methyl sites for hydroxylation is 1. The van der Waals surface area contributed by atoms with Crippen molar-refractivity contribution in [1.82, 2.24) is 9.97 Å². The van der Waals surface area contributed by atoms with Crippen LogP contribution in [0.2, 0.25) is 5.15 Å². The van der Waals surface area contributed by atoms with E-state index in [9.17, 15) is 4.39 Å². The SMILES string of the molecule is Cc1nc(Cl)c(C)c(NC(C)c2cccc(F)c2)n1. The molecule has 1 N–H and O–H groups in total. The molecule has 0 amide bonds. The third-order valence-corrected chi connectivity index (χ3v) is 3.27. The molecule has 0 saturated carbocycles. The Labute approximate surface area is 116 Å². The summed E-state index contributed by atoms with van der Waals surface area (Å²) in [7, 11) is 0. The number of hydrogen-bond acceptors (Lipinski definition) is 3. The first-order valence-electron chi connectivity index (χ1n) is 6.00. The number of rotatable bonds is 3. The van der Waals surface area contributed by atoms with Crippen molar-refractivity contribution in [3.8, 4) is 0 Å². The number of benzene rings is 1. The van der Waals surface area contributed by atoms with E-state index in [0.29, 0.717) is 16.8 Å². The van der Waals surface area contributed by atoms with E-state index in [0.717, 1.165) is 11.1 Å². The summed E-state index contributed by atoms with van der Waals surface area (Å²) in [5.41, 5.74) is 1.64. The van der Waals surface area contributed by atoms with E-state index >= 15 is 0 Å². The number of aromatic nitrogens is 2. The highest BCUT2D eigenvalue weighted by molar-refractivity contribution is 6.30. The zero-order valence-corrected chi connectivity index (χ0v) is 11.8. The second kappa shape index (κ2) is 5.53. The molecule has 0 aliphatic carbocycles. The highest BCUT2D eigenvalue weighted by Crippen LogP contribution is 2.24. The fourth-order valence-corrected chi connectivity index (χ4v) is 2.01. The molecule has 0 radical (unpaired) electrons. The summed E-state index contributed by atoms with van der Waals surface area (Å²) >= 11 is 6.02. The van der Waals surface area contributed by atoms with Crippen LogP contribution in [-0.4, -0.2) is 9.97 Å². The zero-order valence-electron chi connectivity index (χ0n) is 11.0. The van der Waals surface area contributed by atoms with Gasteiger partial charge in [0, 0.05) is 5.56 Å². The average Bonchev–Trinajstić information content (AvgIpc) is 2.35. The summed E-state index contributed by atoms with van der Waals surface area (Å²) < 4.78 is 13.2. The van der Waals surface area contributed by atoms with Gasteiger partial charge in [0.05, 0.1) is 6.04 Å². The Morgan fingerprint density at radius 1 is 1.26 bits per heavy atom. The molecule has 5 heteroatoms. The van der Waals surface area contributed by atoms with Crippen molar-refractivity contribution in [3.05, 3.63) is 52.2 Å². The molecule has 2 rings (SSSR count). The summed E-state index contributed by atoms with van der Waals surface area (Å²) in [6.45, 7) is 5.57. The van der Waals surface area contributed by atoms with Gasteiger partial charge in [0.2, 0.25) is 0 Å². The predicted molar refractivity (Wildman–Crippen MR) is 75.0 cm³/mol. The quantitative estimate of drug-likeness (QED) is 0.861. The highest BCUT2D eigenvalue weighted by Gasteiger charge is 2.11. The van der Waals surface area contributed by atoms with Gasteiger partial charge in [-0.3, -0.25) is 0 Å². The van der Waals surface area contributed by atoms with Gasteiger partial charge in [-0.25, -0.2) is 14.4 Å². The van der Waals surface area contributed by atoms with Crippen LogP contribution in [-0.2, 0) is 0 Å². The maximum Gasteiger partial charge on any atom is 0.137 e. The van der Waals surface area contributed by atoms with Crippen molar-refractivity contribution in [1.29, 1.82) is 0 Å². The van der Waals surface area contributed by atoms with Gasteiger partial charge in [-0.1, -0.05) is 23.7 Å². The van der Waals surface area contributed by atoms with E-state index in [1.807, 2.05) is 19.9 Å². The standard InChI is InChI=1S/C14H15ClFN3/c1-8-13(15)18-10(3)19-14(8)17-9(2)11-5-4-6-12(16)7-11/h4-7,9H,1-3H3,(H,17,18,19). The fourth-order valence-electron chi connectivity index (χ4n) is 1.80. The van der Waals surface area contributed by atoms with E-state index in [2.05, 4.69) is 15.3 Å². The van der Waals surface area contributed by atoms with Crippen LogP contribution in [0.4, 0.5) is 10.2 Å². The van der Waals surface area contributed by atoms with Crippen LogP contribution < -0.4 is 5.32 Å². The van der Waals surface area contributed by atoms with Crippen molar-refractivity contribution in [3.63, 3.8) is 0 Å². The van der Waals surface area contributed by atoms with Gasteiger partial charge in [0.15, 0.2) is 0 Å². The number of nitrogens with zero attached hydrogens (tertiary/aromatic N) is 2. The Balaban J connectivity index is 2.26. The minimum absolute atomic E-state index is 0.0697. The molecule has 0 aliphatic heterocycles. The zero-order chi connectivity index (χ0) is 14.0. The highest BCUT2D eigenvalue weighted by atomic mass is 35.5. The van der Waals surface area contributed by atoms with Gasteiger partial charge < -0.3 is 5.32 Å². The van der Waals surface area contributed by atoms with E-state index in [4.69, 9.17) is 11.6 Å². The van der Waals surface area contributed by atoms with Gasteiger partial charge in [0.25, 0.3) is 0 Å². The smallest absolute Gasteiger partial charge is 0.137 e.